The van der Waals surface area contributed by atoms with E-state index >= 15 is 0 Å². The summed E-state index contributed by atoms with van der Waals surface area (Å²) in [7, 11) is 0. The monoisotopic (exact) mass is 233 g/mol. The first-order valence-electron chi connectivity index (χ1n) is 6.53. The minimum Gasteiger partial charge on any atom is -0.367 e. The highest BCUT2D eigenvalue weighted by molar-refractivity contribution is 5.46. The van der Waals surface area contributed by atoms with E-state index < -0.39 is 0 Å². The molecule has 0 aliphatic carbocycles. The van der Waals surface area contributed by atoms with E-state index in [9.17, 15) is 0 Å². The molecule has 0 spiro atoms. The summed E-state index contributed by atoms with van der Waals surface area (Å²) in [5.41, 5.74) is 7.76. The van der Waals surface area contributed by atoms with Crippen LogP contribution in [-0.2, 0) is 6.54 Å². The summed E-state index contributed by atoms with van der Waals surface area (Å²) < 4.78 is 0. The predicted molar refractivity (Wildman–Crippen MR) is 71.9 cm³/mol. The molecule has 1 aliphatic heterocycles. The van der Waals surface area contributed by atoms with Crippen LogP contribution in [0.1, 0.15) is 32.9 Å². The van der Waals surface area contributed by atoms with Gasteiger partial charge in [-0.3, -0.25) is 4.98 Å². The van der Waals surface area contributed by atoms with Gasteiger partial charge in [0.05, 0.1) is 17.6 Å². The van der Waals surface area contributed by atoms with Crippen molar-refractivity contribution in [2.75, 3.05) is 11.4 Å². The molecule has 1 aromatic heterocycles. The van der Waals surface area contributed by atoms with Gasteiger partial charge in [-0.15, -0.1) is 0 Å². The molecule has 1 aliphatic rings. The van der Waals surface area contributed by atoms with Gasteiger partial charge in [0.15, 0.2) is 0 Å². The van der Waals surface area contributed by atoms with Crippen molar-refractivity contribution in [2.45, 2.75) is 39.8 Å². The van der Waals surface area contributed by atoms with Crippen LogP contribution in [-0.4, -0.2) is 17.6 Å². The molecule has 1 saturated heterocycles. The molecule has 3 heteroatoms. The number of piperidine rings is 1. The van der Waals surface area contributed by atoms with E-state index in [4.69, 9.17) is 5.73 Å². The van der Waals surface area contributed by atoms with Crippen molar-refractivity contribution in [1.29, 1.82) is 0 Å². The zero-order valence-corrected chi connectivity index (χ0v) is 11.1. The summed E-state index contributed by atoms with van der Waals surface area (Å²) in [6.45, 7) is 8.64. The SMILES string of the molecule is CC1CC(C)C(C)N(c2ccc(CN)nc2)C1. The van der Waals surface area contributed by atoms with E-state index in [0.29, 0.717) is 12.6 Å². The lowest BCUT2D eigenvalue weighted by Gasteiger charge is -2.42. The molecule has 0 amide bonds. The quantitative estimate of drug-likeness (QED) is 0.853. The summed E-state index contributed by atoms with van der Waals surface area (Å²) in [6, 6.07) is 4.78. The zero-order valence-electron chi connectivity index (χ0n) is 11.1. The van der Waals surface area contributed by atoms with Gasteiger partial charge < -0.3 is 10.6 Å². The number of nitrogens with two attached hydrogens (primary N) is 1. The van der Waals surface area contributed by atoms with Crippen LogP contribution in [0.25, 0.3) is 0 Å². The zero-order chi connectivity index (χ0) is 12.4. The third kappa shape index (κ3) is 2.60. The number of hydrogen-bond acceptors (Lipinski definition) is 3. The number of anilines is 1. The molecular formula is C14H23N3. The maximum Gasteiger partial charge on any atom is 0.0555 e. The van der Waals surface area contributed by atoms with Crippen molar-refractivity contribution >= 4 is 5.69 Å². The summed E-state index contributed by atoms with van der Waals surface area (Å²) >= 11 is 0. The molecule has 0 bridgehead atoms. The topological polar surface area (TPSA) is 42.1 Å². The highest BCUT2D eigenvalue weighted by Crippen LogP contribution is 2.30. The summed E-state index contributed by atoms with van der Waals surface area (Å²) in [6.07, 6.45) is 3.29. The van der Waals surface area contributed by atoms with Crippen molar-refractivity contribution < 1.29 is 0 Å². The van der Waals surface area contributed by atoms with Gasteiger partial charge in [0.2, 0.25) is 0 Å². The number of aromatic nitrogens is 1. The minimum atomic E-state index is 0.517. The molecule has 3 nitrogen and oxygen atoms in total. The molecule has 0 aromatic carbocycles. The van der Waals surface area contributed by atoms with E-state index in [1.807, 2.05) is 12.3 Å². The lowest BCUT2D eigenvalue weighted by atomic mass is 9.86. The van der Waals surface area contributed by atoms with Crippen molar-refractivity contribution in [3.63, 3.8) is 0 Å². The van der Waals surface area contributed by atoms with Gasteiger partial charge >= 0.3 is 0 Å². The average Bonchev–Trinajstić information content (AvgIpc) is 2.34. The van der Waals surface area contributed by atoms with Crippen LogP contribution >= 0.6 is 0 Å². The Kier molecular flexibility index (Phi) is 3.67. The van der Waals surface area contributed by atoms with E-state index in [0.717, 1.165) is 24.1 Å². The predicted octanol–water partition coefficient (Wildman–Crippen LogP) is 2.41. The number of pyridine rings is 1. The van der Waals surface area contributed by atoms with Gasteiger partial charge in [0.1, 0.15) is 0 Å². The van der Waals surface area contributed by atoms with Crippen LogP contribution in [0.15, 0.2) is 18.3 Å². The first-order chi connectivity index (χ1) is 8.11. The Bertz CT molecular complexity index is 360. The van der Waals surface area contributed by atoms with Crippen LogP contribution in [0.2, 0.25) is 0 Å². The van der Waals surface area contributed by atoms with Crippen LogP contribution in [0.3, 0.4) is 0 Å². The maximum absolute atomic E-state index is 5.57. The second-order valence-electron chi connectivity index (χ2n) is 5.42. The molecule has 0 saturated carbocycles. The molecule has 3 unspecified atom stereocenters. The number of rotatable bonds is 2. The van der Waals surface area contributed by atoms with Crippen molar-refractivity contribution in [3.8, 4) is 0 Å². The smallest absolute Gasteiger partial charge is 0.0555 e. The minimum absolute atomic E-state index is 0.517. The van der Waals surface area contributed by atoms with Crippen LogP contribution in [0.4, 0.5) is 5.69 Å². The standard InChI is InChI=1S/C14H23N3/c1-10-6-11(2)12(3)17(9-10)14-5-4-13(7-15)16-8-14/h4-5,8,10-12H,6-7,9,15H2,1-3H3. The lowest BCUT2D eigenvalue weighted by molar-refractivity contribution is 0.297. The molecule has 2 rings (SSSR count). The fourth-order valence-electron chi connectivity index (χ4n) is 2.76. The Balaban J connectivity index is 2.19. The van der Waals surface area contributed by atoms with E-state index in [1.54, 1.807) is 0 Å². The molecule has 94 valence electrons. The Morgan fingerprint density at radius 3 is 2.71 bits per heavy atom. The van der Waals surface area contributed by atoms with Gasteiger partial charge in [0.25, 0.3) is 0 Å². The first-order valence-corrected chi connectivity index (χ1v) is 6.53. The van der Waals surface area contributed by atoms with Crippen LogP contribution in [0, 0.1) is 11.8 Å². The first kappa shape index (κ1) is 12.4. The third-order valence-corrected chi connectivity index (χ3v) is 3.95. The normalized spacial score (nSPS) is 29.4. The van der Waals surface area contributed by atoms with E-state index in [-0.39, 0.29) is 0 Å². The molecule has 3 atom stereocenters. The second-order valence-corrected chi connectivity index (χ2v) is 5.42. The molecule has 2 heterocycles. The summed E-state index contributed by atoms with van der Waals surface area (Å²) in [5.74, 6) is 1.50. The largest absolute Gasteiger partial charge is 0.367 e. The number of nitrogens with zero attached hydrogens (tertiary/aromatic N) is 2. The van der Waals surface area contributed by atoms with Gasteiger partial charge in [-0.1, -0.05) is 13.8 Å². The Hall–Kier alpha value is -1.09. The molecule has 1 aromatic rings. The van der Waals surface area contributed by atoms with Crippen molar-refractivity contribution in [1.82, 2.24) is 4.98 Å². The fraction of sp³-hybridized carbons (Fsp3) is 0.643. The fourth-order valence-corrected chi connectivity index (χ4v) is 2.76. The molecule has 0 radical (unpaired) electrons. The molecule has 1 fully saturated rings. The lowest BCUT2D eigenvalue weighted by Crippen LogP contribution is -2.45. The number of hydrogen-bond donors (Lipinski definition) is 1. The highest BCUT2D eigenvalue weighted by Gasteiger charge is 2.28. The van der Waals surface area contributed by atoms with Gasteiger partial charge in [-0.2, -0.15) is 0 Å². The second kappa shape index (κ2) is 5.05. The van der Waals surface area contributed by atoms with Crippen molar-refractivity contribution in [3.05, 3.63) is 24.0 Å². The summed E-state index contributed by atoms with van der Waals surface area (Å²) in [5, 5.41) is 0. The van der Waals surface area contributed by atoms with Crippen LogP contribution in [0.5, 0.6) is 0 Å². The van der Waals surface area contributed by atoms with Crippen molar-refractivity contribution in [2.24, 2.45) is 17.6 Å². The van der Waals surface area contributed by atoms with Crippen LogP contribution < -0.4 is 10.6 Å². The van der Waals surface area contributed by atoms with E-state index in [1.165, 1.54) is 12.1 Å². The van der Waals surface area contributed by atoms with Gasteiger partial charge in [-0.25, -0.2) is 0 Å². The van der Waals surface area contributed by atoms with E-state index in [2.05, 4.69) is 36.7 Å². The molecule has 2 N–H and O–H groups in total. The summed E-state index contributed by atoms with van der Waals surface area (Å²) in [4.78, 5) is 6.87. The highest BCUT2D eigenvalue weighted by atomic mass is 15.2. The van der Waals surface area contributed by atoms with Gasteiger partial charge in [-0.05, 0) is 37.3 Å². The molecular weight excluding hydrogens is 210 g/mol. The molecule has 17 heavy (non-hydrogen) atoms. The Labute approximate surface area is 104 Å². The Morgan fingerprint density at radius 2 is 2.12 bits per heavy atom. The third-order valence-electron chi connectivity index (χ3n) is 3.95. The maximum atomic E-state index is 5.57. The van der Waals surface area contributed by atoms with Gasteiger partial charge in [0, 0.05) is 19.1 Å². The Morgan fingerprint density at radius 1 is 1.35 bits per heavy atom. The average molecular weight is 233 g/mol.